The highest BCUT2D eigenvalue weighted by Crippen LogP contribution is 2.24. The molecule has 7 heteroatoms. The van der Waals surface area contributed by atoms with Crippen molar-refractivity contribution in [3.05, 3.63) is 0 Å². The molecule has 7 nitrogen and oxygen atoms in total. The van der Waals surface area contributed by atoms with E-state index in [0.29, 0.717) is 0 Å². The molecule has 0 bridgehead atoms. The molecule has 0 saturated carbocycles. The first kappa shape index (κ1) is 27.2. The Labute approximate surface area is 175 Å². The predicted octanol–water partition coefficient (Wildman–Crippen LogP) is 3.21. The van der Waals surface area contributed by atoms with Gasteiger partial charge in [-0.05, 0) is 0 Å². The topological polar surface area (TPSA) is 102 Å². The average molecular weight is 413 g/mol. The minimum Gasteiger partial charge on any atom is -0.324 e. The minimum atomic E-state index is -1.38. The summed E-state index contributed by atoms with van der Waals surface area (Å²) < 4.78 is 5.80. The van der Waals surface area contributed by atoms with Crippen LogP contribution in [-0.4, -0.2) is 35.8 Å². The Hall–Kier alpha value is -1.76. The lowest BCUT2D eigenvalue weighted by Gasteiger charge is -2.33. The number of hydrogen-bond acceptors (Lipinski definition) is 5. The van der Waals surface area contributed by atoms with Gasteiger partial charge in [0.25, 0.3) is 0 Å². The van der Waals surface area contributed by atoms with Crippen molar-refractivity contribution in [3.63, 3.8) is 0 Å². The van der Waals surface area contributed by atoms with E-state index in [9.17, 15) is 19.2 Å². The number of ether oxygens (including phenoxy) is 1. The summed E-state index contributed by atoms with van der Waals surface area (Å²) in [5.41, 5.74) is -3.20. The molecule has 0 aromatic rings. The lowest BCUT2D eigenvalue weighted by Crippen LogP contribution is -2.57. The van der Waals surface area contributed by atoms with Gasteiger partial charge in [-0.25, -0.2) is 0 Å². The van der Waals surface area contributed by atoms with Crippen molar-refractivity contribution in [2.75, 3.05) is 0 Å². The zero-order valence-electron chi connectivity index (χ0n) is 20.2. The molecule has 0 aliphatic rings. The summed E-state index contributed by atoms with van der Waals surface area (Å²) in [6, 6.07) is 0. The van der Waals surface area contributed by atoms with E-state index in [1.807, 2.05) is 0 Å². The summed E-state index contributed by atoms with van der Waals surface area (Å²) in [6.45, 7) is 20.4. The molecular formula is C22H40N2O5. The molecule has 0 spiro atoms. The van der Waals surface area contributed by atoms with Crippen LogP contribution in [0.25, 0.3) is 0 Å². The van der Waals surface area contributed by atoms with E-state index in [0.717, 1.165) is 0 Å². The van der Waals surface area contributed by atoms with Gasteiger partial charge in [0.15, 0.2) is 24.0 Å². The molecule has 0 heterocycles. The van der Waals surface area contributed by atoms with Crippen molar-refractivity contribution < 1.29 is 23.9 Å². The fourth-order valence-corrected chi connectivity index (χ4v) is 1.92. The van der Waals surface area contributed by atoms with Crippen molar-refractivity contribution in [1.29, 1.82) is 0 Å². The molecule has 0 aromatic carbocycles. The number of Topliss-reactive ketones (excluding diaryl/α,β-unsaturated/α-hetero) is 2. The summed E-state index contributed by atoms with van der Waals surface area (Å²) in [4.78, 5) is 50.9. The van der Waals surface area contributed by atoms with Crippen LogP contribution in [0.5, 0.6) is 0 Å². The van der Waals surface area contributed by atoms with Gasteiger partial charge in [-0.1, -0.05) is 83.1 Å². The summed E-state index contributed by atoms with van der Waals surface area (Å²) >= 11 is 0. The molecule has 0 rings (SSSR count). The van der Waals surface area contributed by atoms with E-state index < -0.39 is 57.5 Å². The highest BCUT2D eigenvalue weighted by molar-refractivity contribution is 5.95. The fourth-order valence-electron chi connectivity index (χ4n) is 1.92. The first-order valence-corrected chi connectivity index (χ1v) is 9.94. The largest absolute Gasteiger partial charge is 0.324 e. The normalized spacial score (nSPS) is 15.3. The van der Waals surface area contributed by atoms with Crippen LogP contribution in [0.3, 0.4) is 0 Å². The average Bonchev–Trinajstić information content (AvgIpc) is 2.47. The molecular weight excluding hydrogens is 372 g/mol. The van der Waals surface area contributed by atoms with Crippen LogP contribution in [0.2, 0.25) is 0 Å². The van der Waals surface area contributed by atoms with Gasteiger partial charge in [0.2, 0.25) is 11.8 Å². The van der Waals surface area contributed by atoms with E-state index in [-0.39, 0.29) is 0 Å². The number of carbonyl (C=O) groups excluding carboxylic acids is 4. The standard InChI is InChI=1S/C22H40N2O5/c1-19(2,3)13(25)15(23-17(27)21(7,8)9)29-16(14(26)20(4,5)6)24-18(28)22(10,11)12/h15-16H,1-12H3,(H,23,27)(H,24,28)/t15-,16-/m1/s1. The molecule has 2 amide bonds. The van der Waals surface area contributed by atoms with Gasteiger partial charge in [-0.2, -0.15) is 0 Å². The number of amides is 2. The Balaban J connectivity index is 6.01. The Morgan fingerprint density at radius 3 is 0.931 bits per heavy atom. The molecule has 0 aromatic heterocycles. The minimum absolute atomic E-state index is 0.396. The van der Waals surface area contributed by atoms with E-state index in [1.54, 1.807) is 83.1 Å². The quantitative estimate of drug-likeness (QED) is 0.652. The van der Waals surface area contributed by atoms with Crippen LogP contribution in [0.15, 0.2) is 0 Å². The number of carbonyl (C=O) groups is 4. The van der Waals surface area contributed by atoms with Gasteiger partial charge < -0.3 is 15.4 Å². The van der Waals surface area contributed by atoms with Gasteiger partial charge >= 0.3 is 0 Å². The molecule has 168 valence electrons. The number of ketones is 2. The molecule has 0 aliphatic carbocycles. The highest BCUT2D eigenvalue weighted by Gasteiger charge is 2.40. The van der Waals surface area contributed by atoms with Crippen molar-refractivity contribution in [2.24, 2.45) is 21.7 Å². The third-order valence-corrected chi connectivity index (χ3v) is 4.11. The number of rotatable bonds is 6. The van der Waals surface area contributed by atoms with Crippen molar-refractivity contribution in [3.8, 4) is 0 Å². The monoisotopic (exact) mass is 412 g/mol. The van der Waals surface area contributed by atoms with Crippen LogP contribution in [0.1, 0.15) is 83.1 Å². The molecule has 0 saturated heterocycles. The third-order valence-electron chi connectivity index (χ3n) is 4.11. The van der Waals surface area contributed by atoms with Gasteiger partial charge in [0.05, 0.1) is 0 Å². The molecule has 2 atom stereocenters. The second-order valence-electron chi connectivity index (χ2n) is 11.6. The smallest absolute Gasteiger partial charge is 0.227 e. The Bertz CT molecular complexity index is 584. The van der Waals surface area contributed by atoms with Gasteiger partial charge in [0.1, 0.15) is 0 Å². The van der Waals surface area contributed by atoms with E-state index in [1.165, 1.54) is 0 Å². The maximum atomic E-state index is 13.0. The molecule has 29 heavy (non-hydrogen) atoms. The number of hydrogen-bond donors (Lipinski definition) is 2. The summed E-state index contributed by atoms with van der Waals surface area (Å²) in [7, 11) is 0. The molecule has 0 unspecified atom stereocenters. The Kier molecular flexibility index (Phi) is 8.40. The summed E-state index contributed by atoms with van der Waals surface area (Å²) in [5, 5.41) is 5.20. The number of nitrogens with one attached hydrogen (secondary N) is 2. The van der Waals surface area contributed by atoms with Crippen LogP contribution in [-0.2, 0) is 23.9 Å². The first-order valence-electron chi connectivity index (χ1n) is 9.94. The van der Waals surface area contributed by atoms with Gasteiger partial charge in [-0.3, -0.25) is 19.2 Å². The zero-order chi connectivity index (χ0) is 23.6. The van der Waals surface area contributed by atoms with Crippen molar-refractivity contribution >= 4 is 23.4 Å². The van der Waals surface area contributed by atoms with E-state index in [2.05, 4.69) is 10.6 Å². The Morgan fingerprint density at radius 2 is 0.759 bits per heavy atom. The van der Waals surface area contributed by atoms with Crippen LogP contribution < -0.4 is 10.6 Å². The maximum absolute atomic E-state index is 13.0. The molecule has 0 aliphatic heterocycles. The van der Waals surface area contributed by atoms with Crippen molar-refractivity contribution in [2.45, 2.75) is 95.5 Å². The lowest BCUT2D eigenvalue weighted by molar-refractivity contribution is -0.165. The third kappa shape index (κ3) is 8.64. The van der Waals surface area contributed by atoms with Gasteiger partial charge in [0, 0.05) is 21.7 Å². The summed E-state index contributed by atoms with van der Waals surface area (Å²) in [5.74, 6) is -1.59. The van der Waals surface area contributed by atoms with Crippen molar-refractivity contribution in [1.82, 2.24) is 10.6 Å². The molecule has 0 radical (unpaired) electrons. The summed E-state index contributed by atoms with van der Waals surface area (Å²) in [6.07, 6.45) is -2.75. The second kappa shape index (κ2) is 8.94. The molecule has 0 fully saturated rings. The predicted molar refractivity (Wildman–Crippen MR) is 113 cm³/mol. The fraction of sp³-hybridized carbons (Fsp3) is 0.818. The highest BCUT2D eigenvalue weighted by atomic mass is 16.5. The second-order valence-corrected chi connectivity index (χ2v) is 11.6. The van der Waals surface area contributed by atoms with Crippen LogP contribution >= 0.6 is 0 Å². The lowest BCUT2D eigenvalue weighted by atomic mass is 9.87. The Morgan fingerprint density at radius 1 is 0.517 bits per heavy atom. The van der Waals surface area contributed by atoms with Crippen LogP contribution in [0.4, 0.5) is 0 Å². The van der Waals surface area contributed by atoms with Gasteiger partial charge in [-0.15, -0.1) is 0 Å². The maximum Gasteiger partial charge on any atom is 0.227 e. The van der Waals surface area contributed by atoms with E-state index in [4.69, 9.17) is 4.74 Å². The first-order chi connectivity index (χ1) is 12.6. The van der Waals surface area contributed by atoms with Crippen LogP contribution in [0, 0.1) is 21.7 Å². The zero-order valence-corrected chi connectivity index (χ0v) is 20.2. The van der Waals surface area contributed by atoms with E-state index >= 15 is 0 Å². The molecule has 2 N–H and O–H groups in total. The SMILES string of the molecule is CC(C)(C)C(=O)N[C@H](O[C@@H](NC(=O)C(C)(C)C)C(=O)C(C)(C)C)C(=O)C(C)(C)C.